The van der Waals surface area contributed by atoms with Crippen LogP contribution >= 0.6 is 11.3 Å². The molecule has 0 bridgehead atoms. The highest BCUT2D eigenvalue weighted by molar-refractivity contribution is 7.18. The number of nitrogens with zero attached hydrogens (tertiary/aromatic N) is 2. The minimum Gasteiger partial charge on any atom is -0.367 e. The van der Waals surface area contributed by atoms with E-state index in [1.54, 1.807) is 17.7 Å². The molecule has 2 aromatic heterocycles. The largest absolute Gasteiger partial charge is 0.367 e. The highest BCUT2D eigenvalue weighted by Crippen LogP contribution is 2.28. The lowest BCUT2D eigenvalue weighted by molar-refractivity contribution is 0.418. The number of hydrogen-bond donors (Lipinski definition) is 2. The Kier molecular flexibility index (Phi) is 3.82. The first kappa shape index (κ1) is 13.2. The van der Waals surface area contributed by atoms with Crippen LogP contribution in [0.5, 0.6) is 0 Å². The molecule has 0 aliphatic rings. The molecule has 18 heavy (non-hydrogen) atoms. The zero-order valence-corrected chi connectivity index (χ0v) is 12.0. The van der Waals surface area contributed by atoms with Gasteiger partial charge in [-0.2, -0.15) is 0 Å². The Morgan fingerprint density at radius 2 is 2.06 bits per heavy atom. The Morgan fingerprint density at radius 1 is 1.33 bits per heavy atom. The highest BCUT2D eigenvalue weighted by atomic mass is 32.1. The van der Waals surface area contributed by atoms with Crippen LogP contribution < -0.4 is 11.1 Å². The Morgan fingerprint density at radius 3 is 2.72 bits per heavy atom. The number of hydrogen-bond acceptors (Lipinski definition) is 5. The lowest BCUT2D eigenvalue weighted by atomic mass is 9.94. The molecule has 0 saturated carbocycles. The molecule has 0 radical (unpaired) electrons. The summed E-state index contributed by atoms with van der Waals surface area (Å²) in [5, 5.41) is 5.49. The molecule has 98 valence electrons. The summed E-state index contributed by atoms with van der Waals surface area (Å²) in [6.07, 6.45) is 3.52. The Balaban J connectivity index is 2.22. The molecule has 0 aromatic carbocycles. The van der Waals surface area contributed by atoms with Crippen LogP contribution in [0.25, 0.3) is 10.2 Å². The number of nitrogens with one attached hydrogen (secondary N) is 1. The number of thiophene rings is 1. The van der Waals surface area contributed by atoms with Gasteiger partial charge in [0.25, 0.3) is 0 Å². The normalized spacial score (nSPS) is 12.0. The molecule has 2 aromatic rings. The van der Waals surface area contributed by atoms with Gasteiger partial charge < -0.3 is 11.1 Å². The summed E-state index contributed by atoms with van der Waals surface area (Å²) in [6.45, 7) is 7.05. The number of fused-ring (bicyclic) bond motifs is 1. The maximum Gasteiger partial charge on any atom is 0.147 e. The van der Waals surface area contributed by atoms with E-state index in [1.807, 2.05) is 0 Å². The van der Waals surface area contributed by atoms with Crippen molar-refractivity contribution in [1.29, 1.82) is 0 Å². The summed E-state index contributed by atoms with van der Waals surface area (Å²) < 4.78 is 1.12. The first-order valence-electron chi connectivity index (χ1n) is 6.31. The molecule has 0 fully saturated rings. The molecular formula is C13H20N4S. The van der Waals surface area contributed by atoms with Gasteiger partial charge in [0.1, 0.15) is 12.1 Å². The fourth-order valence-corrected chi connectivity index (χ4v) is 2.82. The van der Waals surface area contributed by atoms with Gasteiger partial charge in [-0.1, -0.05) is 13.8 Å². The van der Waals surface area contributed by atoms with E-state index in [-0.39, 0.29) is 5.54 Å². The number of anilines is 1. The SMILES string of the molecule is CCC(N)(CC)CNc1ncnc2c(C)csc12. The summed E-state index contributed by atoms with van der Waals surface area (Å²) in [4.78, 5) is 8.64. The van der Waals surface area contributed by atoms with E-state index in [2.05, 4.69) is 41.4 Å². The topological polar surface area (TPSA) is 63.8 Å². The van der Waals surface area contributed by atoms with Crippen molar-refractivity contribution in [2.75, 3.05) is 11.9 Å². The maximum absolute atomic E-state index is 6.29. The molecule has 0 atom stereocenters. The van der Waals surface area contributed by atoms with E-state index in [4.69, 9.17) is 5.73 Å². The molecule has 0 aliphatic carbocycles. The Hall–Kier alpha value is -1.20. The summed E-state index contributed by atoms with van der Waals surface area (Å²) in [6, 6.07) is 0. The second-order valence-electron chi connectivity index (χ2n) is 4.74. The molecule has 0 saturated heterocycles. The fourth-order valence-electron chi connectivity index (χ4n) is 1.86. The lowest BCUT2D eigenvalue weighted by Crippen LogP contribution is -2.45. The van der Waals surface area contributed by atoms with Gasteiger partial charge in [-0.05, 0) is 30.7 Å². The van der Waals surface area contributed by atoms with Gasteiger partial charge in [-0.3, -0.25) is 0 Å². The van der Waals surface area contributed by atoms with E-state index in [0.29, 0.717) is 0 Å². The average molecular weight is 264 g/mol. The standard InChI is InChI=1S/C13H20N4S/c1-4-13(14,5-2)7-15-12-11-10(16-8-17-12)9(3)6-18-11/h6,8H,4-5,7,14H2,1-3H3,(H,15,16,17). The van der Waals surface area contributed by atoms with Crippen molar-refractivity contribution in [3.05, 3.63) is 17.3 Å². The smallest absolute Gasteiger partial charge is 0.147 e. The van der Waals surface area contributed by atoms with Gasteiger partial charge in [0.2, 0.25) is 0 Å². The molecule has 0 amide bonds. The molecule has 4 nitrogen and oxygen atoms in total. The van der Waals surface area contributed by atoms with Crippen LogP contribution in [-0.4, -0.2) is 22.1 Å². The predicted octanol–water partition coefficient (Wildman–Crippen LogP) is 2.93. The van der Waals surface area contributed by atoms with Gasteiger partial charge >= 0.3 is 0 Å². The van der Waals surface area contributed by atoms with Crippen LogP contribution in [0.15, 0.2) is 11.7 Å². The third-order valence-electron chi connectivity index (χ3n) is 3.55. The van der Waals surface area contributed by atoms with Gasteiger partial charge in [0.15, 0.2) is 0 Å². The van der Waals surface area contributed by atoms with Crippen molar-refractivity contribution in [2.45, 2.75) is 39.2 Å². The van der Waals surface area contributed by atoms with Crippen LogP contribution in [-0.2, 0) is 0 Å². The van der Waals surface area contributed by atoms with Crippen molar-refractivity contribution in [3.63, 3.8) is 0 Å². The molecule has 3 N–H and O–H groups in total. The quantitative estimate of drug-likeness (QED) is 0.871. The van der Waals surface area contributed by atoms with Gasteiger partial charge in [0.05, 0.1) is 10.2 Å². The van der Waals surface area contributed by atoms with Crippen LogP contribution in [0.3, 0.4) is 0 Å². The number of nitrogens with two attached hydrogens (primary N) is 1. The lowest BCUT2D eigenvalue weighted by Gasteiger charge is -2.27. The van der Waals surface area contributed by atoms with Gasteiger partial charge in [-0.25, -0.2) is 9.97 Å². The molecule has 5 heteroatoms. The second kappa shape index (κ2) is 5.20. The molecular weight excluding hydrogens is 244 g/mol. The Bertz CT molecular complexity index is 531. The van der Waals surface area contributed by atoms with E-state index in [0.717, 1.165) is 35.4 Å². The molecule has 0 unspecified atom stereocenters. The van der Waals surface area contributed by atoms with E-state index in [9.17, 15) is 0 Å². The first-order valence-corrected chi connectivity index (χ1v) is 7.19. The third kappa shape index (κ3) is 2.47. The third-order valence-corrected chi connectivity index (χ3v) is 4.64. The highest BCUT2D eigenvalue weighted by Gasteiger charge is 2.20. The van der Waals surface area contributed by atoms with Crippen molar-refractivity contribution < 1.29 is 0 Å². The minimum absolute atomic E-state index is 0.163. The van der Waals surface area contributed by atoms with Gasteiger partial charge in [0, 0.05) is 12.1 Å². The summed E-state index contributed by atoms with van der Waals surface area (Å²) in [5.74, 6) is 0.898. The zero-order chi connectivity index (χ0) is 13.2. The summed E-state index contributed by atoms with van der Waals surface area (Å²) >= 11 is 1.68. The number of rotatable bonds is 5. The van der Waals surface area contributed by atoms with E-state index < -0.39 is 0 Å². The van der Waals surface area contributed by atoms with E-state index >= 15 is 0 Å². The van der Waals surface area contributed by atoms with Crippen LogP contribution in [0.4, 0.5) is 5.82 Å². The number of aryl methyl sites for hydroxylation is 1. The average Bonchev–Trinajstić information content (AvgIpc) is 2.78. The second-order valence-corrected chi connectivity index (χ2v) is 5.62. The van der Waals surface area contributed by atoms with Crippen molar-refractivity contribution in [2.24, 2.45) is 5.73 Å². The minimum atomic E-state index is -0.163. The van der Waals surface area contributed by atoms with Crippen molar-refractivity contribution in [3.8, 4) is 0 Å². The Labute approximate surface area is 112 Å². The first-order chi connectivity index (χ1) is 8.59. The van der Waals surface area contributed by atoms with E-state index in [1.165, 1.54) is 5.56 Å². The zero-order valence-electron chi connectivity index (χ0n) is 11.2. The van der Waals surface area contributed by atoms with Gasteiger partial charge in [-0.15, -0.1) is 11.3 Å². The van der Waals surface area contributed by atoms with Crippen molar-refractivity contribution >= 4 is 27.4 Å². The molecule has 0 spiro atoms. The molecule has 2 rings (SSSR count). The fraction of sp³-hybridized carbons (Fsp3) is 0.538. The monoisotopic (exact) mass is 264 g/mol. The van der Waals surface area contributed by atoms with Crippen molar-refractivity contribution in [1.82, 2.24) is 9.97 Å². The number of aromatic nitrogens is 2. The summed E-state index contributed by atoms with van der Waals surface area (Å²) in [5.41, 5.74) is 8.36. The summed E-state index contributed by atoms with van der Waals surface area (Å²) in [7, 11) is 0. The predicted molar refractivity (Wildman–Crippen MR) is 78.1 cm³/mol. The molecule has 2 heterocycles. The maximum atomic E-state index is 6.29. The van der Waals surface area contributed by atoms with Crippen LogP contribution in [0.2, 0.25) is 0 Å². The van der Waals surface area contributed by atoms with Crippen LogP contribution in [0, 0.1) is 6.92 Å². The molecule has 0 aliphatic heterocycles. The van der Waals surface area contributed by atoms with Crippen LogP contribution in [0.1, 0.15) is 32.3 Å².